The molecule has 2 amide bonds. The van der Waals surface area contributed by atoms with Crippen LogP contribution in [0.15, 0.2) is 65.8 Å². The van der Waals surface area contributed by atoms with Crippen molar-refractivity contribution in [3.63, 3.8) is 0 Å². The third-order valence-electron chi connectivity index (χ3n) is 6.30. The van der Waals surface area contributed by atoms with Crippen molar-refractivity contribution in [2.45, 2.75) is 25.8 Å². The van der Waals surface area contributed by atoms with E-state index in [1.165, 1.54) is 6.20 Å². The van der Waals surface area contributed by atoms with Crippen LogP contribution in [-0.4, -0.2) is 56.6 Å². The van der Waals surface area contributed by atoms with Crippen LogP contribution in [0.1, 0.15) is 35.7 Å². The largest absolute Gasteiger partial charge is 0.456 e. The molecule has 4 aromatic rings. The molecule has 1 aliphatic heterocycles. The number of nitrogen functional groups attached to an aromatic ring is 1. The van der Waals surface area contributed by atoms with Gasteiger partial charge in [0, 0.05) is 37.3 Å². The molecule has 1 saturated heterocycles. The smallest absolute Gasteiger partial charge is 0.257 e. The van der Waals surface area contributed by atoms with E-state index in [9.17, 15) is 9.59 Å². The highest BCUT2D eigenvalue weighted by Gasteiger charge is 2.26. The van der Waals surface area contributed by atoms with Crippen molar-refractivity contribution in [3.8, 4) is 11.5 Å². The first kappa shape index (κ1) is 24.8. The number of likely N-dealkylation sites (tertiary alicyclic amines) is 1. The Morgan fingerprint density at radius 3 is 2.74 bits per heavy atom. The number of carbonyl (C=O) groups excluding carboxylic acids is 2. The predicted octanol–water partition coefficient (Wildman–Crippen LogP) is 3.30. The molecule has 6 N–H and O–H groups in total. The van der Waals surface area contributed by atoms with Crippen molar-refractivity contribution in [2.24, 2.45) is 10.7 Å². The van der Waals surface area contributed by atoms with Crippen LogP contribution in [0, 0.1) is 0 Å². The van der Waals surface area contributed by atoms with Crippen LogP contribution < -0.4 is 21.5 Å². The Hall–Kier alpha value is -4.93. The number of aromatic amines is 1. The summed E-state index contributed by atoms with van der Waals surface area (Å²) in [5.74, 6) is 1.40. The summed E-state index contributed by atoms with van der Waals surface area (Å²) in [7, 11) is 0. The van der Waals surface area contributed by atoms with E-state index in [4.69, 9.17) is 16.2 Å². The van der Waals surface area contributed by atoms with Gasteiger partial charge in [0.25, 0.3) is 5.91 Å². The zero-order valence-electron chi connectivity index (χ0n) is 20.8. The maximum absolute atomic E-state index is 12.7. The summed E-state index contributed by atoms with van der Waals surface area (Å²) in [6.07, 6.45) is 2.70. The van der Waals surface area contributed by atoms with Gasteiger partial charge in [-0.25, -0.2) is 9.97 Å². The third kappa shape index (κ3) is 5.26. The molecule has 2 aromatic heterocycles. The highest BCUT2D eigenvalue weighted by Crippen LogP contribution is 2.29. The molecule has 194 valence electrons. The SMILES string of the molecule is CCC(=O)N1CCC(N=C(N)c2c(Oc3ccc(C(=O)Nc4nc5ccccc5[nH]4)cc3)ccnc2N)C1. The second-order valence-electron chi connectivity index (χ2n) is 8.90. The average molecular weight is 513 g/mol. The maximum atomic E-state index is 12.7. The van der Waals surface area contributed by atoms with Crippen LogP contribution in [0.4, 0.5) is 11.8 Å². The third-order valence-corrected chi connectivity index (χ3v) is 6.30. The summed E-state index contributed by atoms with van der Waals surface area (Å²) in [5.41, 5.74) is 14.9. The fourth-order valence-corrected chi connectivity index (χ4v) is 4.35. The number of benzene rings is 2. The van der Waals surface area contributed by atoms with Gasteiger partial charge in [0.1, 0.15) is 28.7 Å². The monoisotopic (exact) mass is 512 g/mol. The van der Waals surface area contributed by atoms with Crippen LogP contribution in [-0.2, 0) is 4.79 Å². The van der Waals surface area contributed by atoms with Crippen molar-refractivity contribution in [3.05, 3.63) is 71.9 Å². The molecule has 1 unspecified atom stereocenters. The summed E-state index contributed by atoms with van der Waals surface area (Å²) in [5, 5.41) is 2.77. The van der Waals surface area contributed by atoms with E-state index in [-0.39, 0.29) is 29.5 Å². The Kier molecular flexibility index (Phi) is 6.90. The van der Waals surface area contributed by atoms with E-state index in [0.717, 1.165) is 17.5 Å². The number of anilines is 2. The second-order valence-corrected chi connectivity index (χ2v) is 8.90. The van der Waals surface area contributed by atoms with Gasteiger partial charge >= 0.3 is 0 Å². The summed E-state index contributed by atoms with van der Waals surface area (Å²) in [6, 6.07) is 15.7. The second kappa shape index (κ2) is 10.6. The Morgan fingerprint density at radius 2 is 1.97 bits per heavy atom. The Bertz CT molecular complexity index is 1480. The van der Waals surface area contributed by atoms with Gasteiger partial charge < -0.3 is 26.1 Å². The maximum Gasteiger partial charge on any atom is 0.257 e. The molecule has 11 heteroatoms. The first-order valence-corrected chi connectivity index (χ1v) is 12.3. The number of hydrogen-bond acceptors (Lipinski definition) is 7. The first-order chi connectivity index (χ1) is 18.4. The first-order valence-electron chi connectivity index (χ1n) is 12.3. The number of H-pyrrole nitrogens is 1. The zero-order valence-corrected chi connectivity index (χ0v) is 20.8. The number of ether oxygens (including phenoxy) is 1. The molecule has 0 radical (unpaired) electrons. The van der Waals surface area contributed by atoms with Gasteiger partial charge in [0.05, 0.1) is 17.1 Å². The van der Waals surface area contributed by atoms with Gasteiger partial charge in [0.15, 0.2) is 0 Å². The van der Waals surface area contributed by atoms with Gasteiger partial charge in [0.2, 0.25) is 11.9 Å². The number of nitrogens with one attached hydrogen (secondary N) is 2. The number of amides is 2. The minimum Gasteiger partial charge on any atom is -0.456 e. The van der Waals surface area contributed by atoms with Gasteiger partial charge in [-0.2, -0.15) is 0 Å². The topological polar surface area (TPSA) is 165 Å². The molecule has 1 aliphatic rings. The number of imidazole rings is 1. The number of aromatic nitrogens is 3. The van der Waals surface area contributed by atoms with Crippen LogP contribution in [0.5, 0.6) is 11.5 Å². The number of carbonyl (C=O) groups is 2. The minimum atomic E-state index is -0.312. The van der Waals surface area contributed by atoms with Crippen molar-refractivity contribution < 1.29 is 14.3 Å². The van der Waals surface area contributed by atoms with Gasteiger partial charge in [-0.1, -0.05) is 19.1 Å². The van der Waals surface area contributed by atoms with Gasteiger partial charge in [-0.05, 0) is 42.8 Å². The van der Waals surface area contributed by atoms with Crippen molar-refractivity contribution in [1.29, 1.82) is 0 Å². The number of amidine groups is 1. The highest BCUT2D eigenvalue weighted by atomic mass is 16.5. The lowest BCUT2D eigenvalue weighted by Gasteiger charge is -2.15. The molecule has 1 fully saturated rings. The molecule has 3 heterocycles. The molecule has 0 saturated carbocycles. The van der Waals surface area contributed by atoms with Crippen LogP contribution in [0.2, 0.25) is 0 Å². The summed E-state index contributed by atoms with van der Waals surface area (Å²) >= 11 is 0. The summed E-state index contributed by atoms with van der Waals surface area (Å²) in [4.78, 5) is 42.7. The molecular formula is C27H28N8O3. The van der Waals surface area contributed by atoms with E-state index in [1.54, 1.807) is 35.2 Å². The molecule has 0 spiro atoms. The normalized spacial score (nSPS) is 15.6. The fraction of sp³-hybridized carbons (Fsp3) is 0.222. The lowest BCUT2D eigenvalue weighted by molar-refractivity contribution is -0.129. The number of rotatable bonds is 7. The van der Waals surface area contributed by atoms with Crippen LogP contribution in [0.25, 0.3) is 11.0 Å². The highest BCUT2D eigenvalue weighted by molar-refractivity contribution is 6.04. The predicted molar refractivity (Wildman–Crippen MR) is 145 cm³/mol. The number of nitrogens with zero attached hydrogens (tertiary/aromatic N) is 4. The van der Waals surface area contributed by atoms with Crippen molar-refractivity contribution >= 4 is 40.4 Å². The van der Waals surface area contributed by atoms with Crippen molar-refractivity contribution in [1.82, 2.24) is 19.9 Å². The van der Waals surface area contributed by atoms with Crippen molar-refractivity contribution in [2.75, 3.05) is 24.1 Å². The number of hydrogen-bond donors (Lipinski definition) is 4. The number of fused-ring (bicyclic) bond motifs is 1. The van der Waals surface area contributed by atoms with Gasteiger partial charge in [-0.15, -0.1) is 0 Å². The van der Waals surface area contributed by atoms with Gasteiger partial charge in [-0.3, -0.25) is 19.9 Å². The number of para-hydroxylation sites is 2. The van der Waals surface area contributed by atoms with Crippen LogP contribution in [0.3, 0.4) is 0 Å². The van der Waals surface area contributed by atoms with E-state index in [2.05, 4.69) is 25.3 Å². The summed E-state index contributed by atoms with van der Waals surface area (Å²) < 4.78 is 6.05. The quantitative estimate of drug-likeness (QED) is 0.218. The Balaban J connectivity index is 1.29. The lowest BCUT2D eigenvalue weighted by atomic mass is 10.2. The lowest BCUT2D eigenvalue weighted by Crippen LogP contribution is -2.29. The molecule has 0 bridgehead atoms. The van der Waals surface area contributed by atoms with E-state index < -0.39 is 0 Å². The van der Waals surface area contributed by atoms with E-state index >= 15 is 0 Å². The minimum absolute atomic E-state index is 0.0981. The van der Waals surface area contributed by atoms with E-state index in [1.807, 2.05) is 31.2 Å². The average Bonchev–Trinajstić information content (AvgIpc) is 3.55. The van der Waals surface area contributed by atoms with Crippen LogP contribution >= 0.6 is 0 Å². The molecule has 5 rings (SSSR count). The Morgan fingerprint density at radius 1 is 1.18 bits per heavy atom. The zero-order chi connectivity index (χ0) is 26.6. The molecule has 1 atom stereocenters. The Labute approximate surface area is 218 Å². The standard InChI is InChI=1S/C27H28N8O3/c1-2-22(36)35-14-12-17(15-35)31-25(29)23-21(11-13-30-24(23)28)38-18-9-7-16(8-10-18)26(37)34-27-32-19-5-3-4-6-20(19)33-27/h3-11,13,17H,2,12,14-15H2,1H3,(H2,28,30)(H2,29,31)(H2,32,33,34,37). The fourth-order valence-electron chi connectivity index (χ4n) is 4.35. The number of aliphatic imine (C=N–C) groups is 1. The molecule has 38 heavy (non-hydrogen) atoms. The molecule has 0 aliphatic carbocycles. The molecule has 2 aromatic carbocycles. The summed E-state index contributed by atoms with van der Waals surface area (Å²) in [6.45, 7) is 3.00. The number of nitrogens with two attached hydrogens (primary N) is 2. The molecule has 11 nitrogen and oxygen atoms in total. The molecular weight excluding hydrogens is 484 g/mol. The van der Waals surface area contributed by atoms with E-state index in [0.29, 0.717) is 48.1 Å². The number of pyridine rings is 1.